The molecule has 1 aromatic heterocycles. The standard InChI is InChI=1S/C74H73N/c1-17-18-19-22-25-75-54-24-21-20-23-42(54)61-55(75)36-52-51-33-40(73(11,12)13)31-48-47-29-38(71(5,6)7)28-45-43-26-37(70(2,3)4)27-44-46-30-39(72(8,9)10)32-49-50-34-41(74(14,15)16)35-53-60(50)68-66(58(46)49)64(56(43)44)65(57(45)47)67(59(48)51)69(68)62(52)63(53)61/h20-21,23-24,26-36H,17-19,22,25H2,1-16H3. The zero-order valence-electron chi connectivity index (χ0n) is 47.6. The maximum atomic E-state index is 2.73. The van der Waals surface area contributed by atoms with Crippen molar-refractivity contribution in [3.05, 3.63) is 119 Å². The largest absolute Gasteiger partial charge is 0.340 e. The molecule has 0 saturated heterocycles. The lowest BCUT2D eigenvalue weighted by Crippen LogP contribution is -2.14. The molecule has 1 nitrogen and oxygen atoms in total. The Morgan fingerprint density at radius 3 is 0.907 bits per heavy atom. The molecule has 15 aromatic rings. The molecule has 0 aliphatic carbocycles. The predicted molar refractivity (Wildman–Crippen MR) is 334 cm³/mol. The Balaban J connectivity index is 1.37. The van der Waals surface area contributed by atoms with E-state index in [1.165, 1.54) is 205 Å². The van der Waals surface area contributed by atoms with Gasteiger partial charge in [-0.25, -0.2) is 0 Å². The number of benzene rings is 14. The van der Waals surface area contributed by atoms with Gasteiger partial charge in [-0.15, -0.1) is 0 Å². The van der Waals surface area contributed by atoms with Gasteiger partial charge in [-0.05, 0) is 258 Å². The fraction of sp³-hybridized carbons (Fsp3) is 0.351. The minimum Gasteiger partial charge on any atom is -0.340 e. The lowest BCUT2D eigenvalue weighted by Gasteiger charge is -2.33. The molecule has 14 aromatic carbocycles. The van der Waals surface area contributed by atoms with Crippen LogP contribution < -0.4 is 0 Å². The monoisotopic (exact) mass is 976 g/mol. The lowest BCUT2D eigenvalue weighted by atomic mass is 9.70. The Labute approximate surface area is 442 Å². The summed E-state index contributed by atoms with van der Waals surface area (Å²) in [5.74, 6) is 0. The van der Waals surface area contributed by atoms with Crippen LogP contribution in [0.2, 0.25) is 0 Å². The smallest absolute Gasteiger partial charge is 0.0504 e. The molecular weight excluding hydrogens is 903 g/mol. The highest BCUT2D eigenvalue weighted by Crippen LogP contribution is 2.63. The van der Waals surface area contributed by atoms with E-state index in [4.69, 9.17) is 0 Å². The molecule has 0 atom stereocenters. The van der Waals surface area contributed by atoms with Gasteiger partial charge in [-0.1, -0.05) is 148 Å². The van der Waals surface area contributed by atoms with Crippen molar-refractivity contribution in [2.45, 2.75) is 170 Å². The van der Waals surface area contributed by atoms with Gasteiger partial charge in [-0.3, -0.25) is 0 Å². The number of aromatic nitrogens is 1. The van der Waals surface area contributed by atoms with E-state index in [1.807, 2.05) is 0 Å². The van der Waals surface area contributed by atoms with Gasteiger partial charge in [0.15, 0.2) is 0 Å². The lowest BCUT2D eigenvalue weighted by molar-refractivity contribution is 0.591. The quantitative estimate of drug-likeness (QED) is 0.0920. The van der Waals surface area contributed by atoms with Crippen LogP contribution >= 0.6 is 0 Å². The van der Waals surface area contributed by atoms with Crippen LogP contribution in [-0.2, 0) is 33.6 Å². The van der Waals surface area contributed by atoms with Gasteiger partial charge in [0.05, 0.1) is 5.52 Å². The van der Waals surface area contributed by atoms with Crippen LogP contribution in [0.1, 0.15) is 164 Å². The number of rotatable bonds is 5. The highest BCUT2D eigenvalue weighted by atomic mass is 15.0. The van der Waals surface area contributed by atoms with E-state index in [2.05, 4.69) is 206 Å². The first kappa shape index (κ1) is 45.9. The van der Waals surface area contributed by atoms with E-state index >= 15 is 0 Å². The predicted octanol–water partition coefficient (Wildman–Crippen LogP) is 22.3. The van der Waals surface area contributed by atoms with E-state index in [0.717, 1.165) is 6.54 Å². The Bertz CT molecular complexity index is 4820. The number of fused-ring (bicyclic) bond motifs is 10. The van der Waals surface area contributed by atoms with E-state index in [-0.39, 0.29) is 27.1 Å². The summed E-state index contributed by atoms with van der Waals surface area (Å²) >= 11 is 0. The maximum Gasteiger partial charge on any atom is 0.0504 e. The fourth-order valence-corrected chi connectivity index (χ4v) is 15.0. The van der Waals surface area contributed by atoms with Crippen molar-refractivity contribution >= 4 is 151 Å². The summed E-state index contributed by atoms with van der Waals surface area (Å²) in [6.07, 6.45) is 4.92. The molecule has 0 amide bonds. The van der Waals surface area contributed by atoms with Crippen molar-refractivity contribution < 1.29 is 0 Å². The zero-order valence-corrected chi connectivity index (χ0v) is 47.6. The van der Waals surface area contributed by atoms with Crippen LogP contribution in [0, 0.1) is 0 Å². The molecule has 0 fully saturated rings. The fourth-order valence-electron chi connectivity index (χ4n) is 15.0. The number of hydrogen-bond donors (Lipinski definition) is 0. The third-order valence-corrected chi connectivity index (χ3v) is 19.0. The Morgan fingerprint density at radius 1 is 0.267 bits per heavy atom. The topological polar surface area (TPSA) is 4.93 Å². The molecule has 0 N–H and O–H groups in total. The highest BCUT2D eigenvalue weighted by Gasteiger charge is 2.36. The number of para-hydroxylation sites is 1. The average Bonchev–Trinajstić information content (AvgIpc) is 3.71. The molecule has 0 bridgehead atoms. The molecule has 0 aliphatic heterocycles. The van der Waals surface area contributed by atoms with Crippen molar-refractivity contribution in [2.24, 2.45) is 0 Å². The summed E-state index contributed by atoms with van der Waals surface area (Å²) in [6, 6.07) is 38.6. The zero-order chi connectivity index (χ0) is 52.3. The van der Waals surface area contributed by atoms with Crippen molar-refractivity contribution in [3.8, 4) is 0 Å². The van der Waals surface area contributed by atoms with E-state index < -0.39 is 0 Å². The van der Waals surface area contributed by atoms with E-state index in [1.54, 1.807) is 0 Å². The second-order valence-corrected chi connectivity index (χ2v) is 29.0. The summed E-state index contributed by atoms with van der Waals surface area (Å²) in [5.41, 5.74) is 9.40. The second kappa shape index (κ2) is 14.1. The molecule has 1 heteroatoms. The molecule has 0 saturated carbocycles. The first-order chi connectivity index (χ1) is 35.4. The molecular formula is C74H73N. The van der Waals surface area contributed by atoms with Gasteiger partial charge in [0.25, 0.3) is 0 Å². The van der Waals surface area contributed by atoms with Gasteiger partial charge < -0.3 is 4.57 Å². The average molecular weight is 976 g/mol. The Hall–Kier alpha value is -6.44. The van der Waals surface area contributed by atoms with E-state index in [0.29, 0.717) is 0 Å². The van der Waals surface area contributed by atoms with Gasteiger partial charge in [0, 0.05) is 28.2 Å². The van der Waals surface area contributed by atoms with Crippen molar-refractivity contribution in [1.29, 1.82) is 0 Å². The SMILES string of the molecule is CCCCCCn1c2ccccc2c2c3c4cc(C(C)(C)C)cc5c6cc(C(C)(C)C)cc7c8cc(C(C)(C)C)cc9c%10cc(C(C)(C)C)cc%11c%12cc(C(C)(C)C)cc%13c(cc21)c3c1c(c%12%13)c(c%10%11)c(c98)c(c76)c1c54. The minimum atomic E-state index is -0.0882. The molecule has 0 spiro atoms. The van der Waals surface area contributed by atoms with Crippen molar-refractivity contribution in [2.75, 3.05) is 0 Å². The number of nitrogens with zero attached hydrogens (tertiary/aromatic N) is 1. The first-order valence-electron chi connectivity index (χ1n) is 28.6. The number of aryl methyl sites for hydroxylation is 1. The number of unbranched alkanes of at least 4 members (excludes halogenated alkanes) is 3. The Kier molecular flexibility index (Phi) is 8.65. The molecule has 0 radical (unpaired) electrons. The van der Waals surface area contributed by atoms with Crippen LogP contribution in [0.15, 0.2) is 91.0 Å². The van der Waals surface area contributed by atoms with Crippen LogP contribution in [0.4, 0.5) is 0 Å². The first-order valence-corrected chi connectivity index (χ1v) is 28.6. The number of hydrogen-bond acceptors (Lipinski definition) is 0. The summed E-state index contributed by atoms with van der Waals surface area (Å²) < 4.78 is 2.73. The molecule has 75 heavy (non-hydrogen) atoms. The molecule has 0 unspecified atom stereocenters. The summed E-state index contributed by atoms with van der Waals surface area (Å²) in [5, 5.41) is 37.4. The summed E-state index contributed by atoms with van der Waals surface area (Å²) in [4.78, 5) is 0. The molecule has 1 heterocycles. The minimum absolute atomic E-state index is 0.0619. The van der Waals surface area contributed by atoms with Gasteiger partial charge in [0.1, 0.15) is 0 Å². The van der Waals surface area contributed by atoms with Gasteiger partial charge in [-0.2, -0.15) is 0 Å². The maximum absolute atomic E-state index is 2.73. The van der Waals surface area contributed by atoms with E-state index in [9.17, 15) is 0 Å². The van der Waals surface area contributed by atoms with Crippen molar-refractivity contribution in [1.82, 2.24) is 4.57 Å². The molecule has 15 rings (SSSR count). The normalized spacial score (nSPS) is 14.4. The summed E-state index contributed by atoms with van der Waals surface area (Å²) in [6.45, 7) is 39.7. The second-order valence-electron chi connectivity index (χ2n) is 29.0. The van der Waals surface area contributed by atoms with Gasteiger partial charge in [0.2, 0.25) is 0 Å². The third-order valence-electron chi connectivity index (χ3n) is 19.0. The summed E-state index contributed by atoms with van der Waals surface area (Å²) in [7, 11) is 0. The van der Waals surface area contributed by atoms with Crippen LogP contribution in [0.5, 0.6) is 0 Å². The van der Waals surface area contributed by atoms with Crippen LogP contribution in [0.25, 0.3) is 151 Å². The third kappa shape index (κ3) is 5.76. The highest BCUT2D eigenvalue weighted by molar-refractivity contribution is 6.62. The van der Waals surface area contributed by atoms with Crippen LogP contribution in [0.3, 0.4) is 0 Å². The molecule has 0 aliphatic rings. The van der Waals surface area contributed by atoms with Crippen molar-refractivity contribution in [3.63, 3.8) is 0 Å². The van der Waals surface area contributed by atoms with Crippen LogP contribution in [-0.4, -0.2) is 4.57 Å². The Morgan fingerprint density at radius 2 is 0.560 bits per heavy atom. The molecule has 374 valence electrons. The van der Waals surface area contributed by atoms with Gasteiger partial charge >= 0.3 is 0 Å².